The average Bonchev–Trinajstić information content (AvgIpc) is 3.14. The van der Waals surface area contributed by atoms with Crippen LogP contribution in [0.25, 0.3) is 11.0 Å². The van der Waals surface area contributed by atoms with E-state index in [1.165, 1.54) is 0 Å². The van der Waals surface area contributed by atoms with Crippen LogP contribution in [0.5, 0.6) is 5.75 Å². The molecule has 5 nitrogen and oxygen atoms in total. The number of carbonyl (C=O) groups excluding carboxylic acids is 1. The maximum absolute atomic E-state index is 12.7. The van der Waals surface area contributed by atoms with Crippen LogP contribution in [0.15, 0.2) is 16.5 Å². The van der Waals surface area contributed by atoms with Gasteiger partial charge >= 0.3 is 0 Å². The van der Waals surface area contributed by atoms with Crippen molar-refractivity contribution in [1.29, 1.82) is 0 Å². The molecule has 1 aromatic carbocycles. The van der Waals surface area contributed by atoms with Gasteiger partial charge in [-0.1, -0.05) is 0 Å². The van der Waals surface area contributed by atoms with Crippen molar-refractivity contribution in [2.75, 3.05) is 13.1 Å². The molecular weight excluding hydrogens is 306 g/mol. The Hall–Kier alpha value is -2.01. The van der Waals surface area contributed by atoms with Gasteiger partial charge in [-0.2, -0.15) is 0 Å². The lowest BCUT2D eigenvalue weighted by Crippen LogP contribution is -2.34. The molecule has 0 unspecified atom stereocenters. The summed E-state index contributed by atoms with van der Waals surface area (Å²) in [7, 11) is 0. The molecule has 24 heavy (non-hydrogen) atoms. The second-order valence-corrected chi connectivity index (χ2v) is 7.49. The Morgan fingerprint density at radius 3 is 2.71 bits per heavy atom. The zero-order valence-electron chi connectivity index (χ0n) is 14.4. The van der Waals surface area contributed by atoms with Crippen LogP contribution < -0.4 is 4.74 Å². The molecule has 1 N–H and O–H groups in total. The van der Waals surface area contributed by atoms with E-state index in [0.29, 0.717) is 23.5 Å². The molecule has 1 aromatic heterocycles. The first-order valence-electron chi connectivity index (χ1n) is 8.60. The molecule has 0 aliphatic carbocycles. The highest BCUT2D eigenvalue weighted by Gasteiger charge is 2.36. The number of aliphatic hydroxyl groups excluding tert-OH is 1. The standard InChI is InChI=1S/C19H23NO4/c1-11-15-13(23-17(11)18(22)20-8-4-5-9-20)6-7-14-16(15)12(21)10-19(2,3)24-14/h6-7,12,21H,4-5,8-10H2,1-3H3/t12-/m1/s1. The van der Waals surface area contributed by atoms with Gasteiger partial charge in [0, 0.05) is 36.0 Å². The van der Waals surface area contributed by atoms with Crippen molar-refractivity contribution < 1.29 is 19.1 Å². The highest BCUT2D eigenvalue weighted by Crippen LogP contribution is 2.45. The SMILES string of the molecule is Cc1c(C(=O)N2CCCC2)oc2ccc3c(c12)[C@H](O)CC(C)(C)O3. The molecule has 0 saturated carbocycles. The van der Waals surface area contributed by atoms with E-state index in [-0.39, 0.29) is 5.91 Å². The lowest BCUT2D eigenvalue weighted by Gasteiger charge is -2.35. The van der Waals surface area contributed by atoms with Crippen molar-refractivity contribution in [3.63, 3.8) is 0 Å². The van der Waals surface area contributed by atoms with Crippen LogP contribution in [-0.4, -0.2) is 34.6 Å². The Kier molecular flexibility index (Phi) is 3.39. The van der Waals surface area contributed by atoms with E-state index in [1.54, 1.807) is 0 Å². The second kappa shape index (κ2) is 5.24. The fourth-order valence-electron chi connectivity index (χ4n) is 3.95. The van der Waals surface area contributed by atoms with E-state index in [0.717, 1.165) is 42.4 Å². The van der Waals surface area contributed by atoms with Crippen molar-refractivity contribution in [1.82, 2.24) is 4.90 Å². The molecule has 1 saturated heterocycles. The minimum absolute atomic E-state index is 0.0542. The molecule has 2 aliphatic heterocycles. The lowest BCUT2D eigenvalue weighted by molar-refractivity contribution is 0.0126. The van der Waals surface area contributed by atoms with Gasteiger partial charge in [-0.05, 0) is 45.7 Å². The monoisotopic (exact) mass is 329 g/mol. The summed E-state index contributed by atoms with van der Waals surface area (Å²) in [6, 6.07) is 3.66. The number of nitrogens with zero attached hydrogens (tertiary/aromatic N) is 1. The number of ether oxygens (including phenoxy) is 1. The third kappa shape index (κ3) is 2.30. The van der Waals surface area contributed by atoms with Gasteiger partial charge in [-0.25, -0.2) is 0 Å². The molecule has 2 aliphatic rings. The molecular formula is C19H23NO4. The first-order valence-corrected chi connectivity index (χ1v) is 8.60. The molecule has 3 heterocycles. The Morgan fingerprint density at radius 1 is 1.29 bits per heavy atom. The summed E-state index contributed by atoms with van der Waals surface area (Å²) in [6.07, 6.45) is 1.97. The molecule has 0 radical (unpaired) electrons. The van der Waals surface area contributed by atoms with Crippen LogP contribution in [-0.2, 0) is 0 Å². The lowest BCUT2D eigenvalue weighted by atomic mass is 9.89. The molecule has 5 heteroatoms. The highest BCUT2D eigenvalue weighted by atomic mass is 16.5. The Morgan fingerprint density at radius 2 is 2.00 bits per heavy atom. The molecule has 2 aromatic rings. The number of aryl methyl sites for hydroxylation is 1. The number of furan rings is 1. The number of amides is 1. The molecule has 128 valence electrons. The van der Waals surface area contributed by atoms with E-state index in [9.17, 15) is 9.90 Å². The molecule has 0 spiro atoms. The van der Waals surface area contributed by atoms with Gasteiger partial charge in [-0.15, -0.1) is 0 Å². The van der Waals surface area contributed by atoms with Gasteiger partial charge < -0.3 is 19.2 Å². The van der Waals surface area contributed by atoms with Gasteiger partial charge in [0.15, 0.2) is 5.76 Å². The number of aliphatic hydroxyl groups is 1. The van der Waals surface area contributed by atoms with Crippen LogP contribution in [0.4, 0.5) is 0 Å². The van der Waals surface area contributed by atoms with E-state index >= 15 is 0 Å². The minimum Gasteiger partial charge on any atom is -0.487 e. The summed E-state index contributed by atoms with van der Waals surface area (Å²) in [5.41, 5.74) is 1.76. The largest absolute Gasteiger partial charge is 0.487 e. The van der Waals surface area contributed by atoms with Crippen molar-refractivity contribution >= 4 is 16.9 Å². The number of likely N-dealkylation sites (tertiary alicyclic amines) is 1. The summed E-state index contributed by atoms with van der Waals surface area (Å²) in [5, 5.41) is 11.5. The fraction of sp³-hybridized carbons (Fsp3) is 0.526. The molecule has 1 atom stereocenters. The molecule has 4 rings (SSSR count). The summed E-state index contributed by atoms with van der Waals surface area (Å²) >= 11 is 0. The zero-order chi connectivity index (χ0) is 17.1. The van der Waals surface area contributed by atoms with Crippen LogP contribution in [0.1, 0.15) is 60.9 Å². The van der Waals surface area contributed by atoms with Gasteiger partial charge in [0.05, 0.1) is 6.10 Å². The third-order valence-corrected chi connectivity index (χ3v) is 5.09. The molecule has 1 amide bonds. The normalized spacial score (nSPS) is 22.5. The van der Waals surface area contributed by atoms with Gasteiger partial charge in [0.25, 0.3) is 5.91 Å². The van der Waals surface area contributed by atoms with Crippen molar-refractivity contribution in [2.24, 2.45) is 0 Å². The Balaban J connectivity index is 1.85. The Bertz CT molecular complexity index is 814. The molecule has 1 fully saturated rings. The number of fused-ring (bicyclic) bond motifs is 3. The van der Waals surface area contributed by atoms with E-state index < -0.39 is 11.7 Å². The topological polar surface area (TPSA) is 62.9 Å². The smallest absolute Gasteiger partial charge is 0.289 e. The first-order chi connectivity index (χ1) is 11.4. The zero-order valence-corrected chi connectivity index (χ0v) is 14.4. The third-order valence-electron chi connectivity index (χ3n) is 5.09. The maximum atomic E-state index is 12.7. The van der Waals surface area contributed by atoms with Crippen molar-refractivity contribution in [2.45, 2.75) is 51.7 Å². The van der Waals surface area contributed by atoms with Gasteiger partial charge in [-0.3, -0.25) is 4.79 Å². The number of hydrogen-bond donors (Lipinski definition) is 1. The van der Waals surface area contributed by atoms with Crippen LogP contribution in [0, 0.1) is 6.92 Å². The van der Waals surface area contributed by atoms with Crippen molar-refractivity contribution in [3.05, 3.63) is 29.0 Å². The second-order valence-electron chi connectivity index (χ2n) is 7.49. The fourth-order valence-corrected chi connectivity index (χ4v) is 3.95. The van der Waals surface area contributed by atoms with Gasteiger partial charge in [0.2, 0.25) is 0 Å². The molecule has 0 bridgehead atoms. The minimum atomic E-state index is -0.626. The predicted octanol–water partition coefficient (Wildman–Crippen LogP) is 3.57. The summed E-state index contributed by atoms with van der Waals surface area (Å²) in [4.78, 5) is 14.6. The van der Waals surface area contributed by atoms with Crippen LogP contribution in [0.2, 0.25) is 0 Å². The van der Waals surface area contributed by atoms with E-state index in [2.05, 4.69) is 0 Å². The maximum Gasteiger partial charge on any atom is 0.289 e. The first kappa shape index (κ1) is 15.5. The highest BCUT2D eigenvalue weighted by molar-refractivity contribution is 6.00. The predicted molar refractivity (Wildman–Crippen MR) is 90.4 cm³/mol. The number of carbonyl (C=O) groups is 1. The van der Waals surface area contributed by atoms with Crippen LogP contribution >= 0.6 is 0 Å². The number of rotatable bonds is 1. The number of hydrogen-bond acceptors (Lipinski definition) is 4. The Labute approximate surface area is 141 Å². The number of benzene rings is 1. The summed E-state index contributed by atoms with van der Waals surface area (Å²) in [6.45, 7) is 7.39. The van der Waals surface area contributed by atoms with Gasteiger partial charge in [0.1, 0.15) is 16.9 Å². The van der Waals surface area contributed by atoms with Crippen molar-refractivity contribution in [3.8, 4) is 5.75 Å². The average molecular weight is 329 g/mol. The van der Waals surface area contributed by atoms with E-state index in [4.69, 9.17) is 9.15 Å². The van der Waals surface area contributed by atoms with E-state index in [1.807, 2.05) is 37.8 Å². The van der Waals surface area contributed by atoms with Crippen LogP contribution in [0.3, 0.4) is 0 Å². The summed E-state index contributed by atoms with van der Waals surface area (Å²) in [5.74, 6) is 1.01. The quantitative estimate of drug-likeness (QED) is 0.869. The summed E-state index contributed by atoms with van der Waals surface area (Å²) < 4.78 is 11.9.